The molecule has 0 amide bonds. The van der Waals surface area contributed by atoms with Gasteiger partial charge in [0.25, 0.3) is 0 Å². The monoisotopic (exact) mass is 172 g/mol. The van der Waals surface area contributed by atoms with Crippen molar-refractivity contribution in [2.75, 3.05) is 0 Å². The zero-order chi connectivity index (χ0) is 8.77. The first kappa shape index (κ1) is 8.01. The molecule has 4 nitrogen and oxygen atoms in total. The molecule has 0 aromatic heterocycles. The standard InChI is InChI=1S/C8H12O4/c1-8-3-2-6(9)11-5(8)4-7(10)12-8/h5-6,9H,2-4H2,1H3/t5-,6?,8-/m1/s1. The van der Waals surface area contributed by atoms with Gasteiger partial charge in [-0.1, -0.05) is 0 Å². The summed E-state index contributed by atoms with van der Waals surface area (Å²) in [6.07, 6.45) is 0.518. The molecule has 3 atom stereocenters. The van der Waals surface area contributed by atoms with Crippen LogP contribution in [-0.4, -0.2) is 29.1 Å². The van der Waals surface area contributed by atoms with Crippen molar-refractivity contribution in [3.8, 4) is 0 Å². The van der Waals surface area contributed by atoms with Gasteiger partial charge in [-0.15, -0.1) is 0 Å². The summed E-state index contributed by atoms with van der Waals surface area (Å²) < 4.78 is 10.3. The van der Waals surface area contributed by atoms with Crippen LogP contribution in [0.15, 0.2) is 0 Å². The molecule has 0 spiro atoms. The van der Waals surface area contributed by atoms with Gasteiger partial charge in [-0.25, -0.2) is 0 Å². The second kappa shape index (κ2) is 2.44. The lowest BCUT2D eigenvalue weighted by molar-refractivity contribution is -0.213. The highest BCUT2D eigenvalue weighted by atomic mass is 16.6. The van der Waals surface area contributed by atoms with Crippen LogP contribution >= 0.6 is 0 Å². The molecule has 2 fully saturated rings. The maximum Gasteiger partial charge on any atom is 0.309 e. The van der Waals surface area contributed by atoms with Gasteiger partial charge in [-0.3, -0.25) is 4.79 Å². The van der Waals surface area contributed by atoms with E-state index in [1.807, 2.05) is 6.92 Å². The third-order valence-corrected chi connectivity index (χ3v) is 2.59. The van der Waals surface area contributed by atoms with Crippen molar-refractivity contribution in [1.82, 2.24) is 0 Å². The second-order valence-electron chi connectivity index (χ2n) is 3.61. The first-order chi connectivity index (χ1) is 5.60. The molecule has 0 aromatic carbocycles. The number of aliphatic hydroxyl groups is 1. The summed E-state index contributed by atoms with van der Waals surface area (Å²) in [7, 11) is 0. The largest absolute Gasteiger partial charge is 0.456 e. The van der Waals surface area contributed by atoms with E-state index in [-0.39, 0.29) is 18.5 Å². The summed E-state index contributed by atoms with van der Waals surface area (Å²) in [5, 5.41) is 9.17. The summed E-state index contributed by atoms with van der Waals surface area (Å²) in [5.74, 6) is -0.225. The van der Waals surface area contributed by atoms with Gasteiger partial charge in [-0.05, 0) is 13.3 Å². The Morgan fingerprint density at radius 3 is 3.17 bits per heavy atom. The van der Waals surface area contributed by atoms with Crippen molar-refractivity contribution in [2.45, 2.75) is 44.2 Å². The summed E-state index contributed by atoms with van der Waals surface area (Å²) in [6.45, 7) is 1.86. The number of carbonyl (C=O) groups is 1. The van der Waals surface area contributed by atoms with Crippen molar-refractivity contribution in [2.24, 2.45) is 0 Å². The number of aliphatic hydroxyl groups excluding tert-OH is 1. The maximum absolute atomic E-state index is 10.9. The van der Waals surface area contributed by atoms with Crippen LogP contribution < -0.4 is 0 Å². The maximum atomic E-state index is 10.9. The van der Waals surface area contributed by atoms with Crippen molar-refractivity contribution in [3.05, 3.63) is 0 Å². The number of esters is 1. The van der Waals surface area contributed by atoms with Crippen molar-refractivity contribution in [3.63, 3.8) is 0 Å². The topological polar surface area (TPSA) is 55.8 Å². The van der Waals surface area contributed by atoms with Gasteiger partial charge in [0.2, 0.25) is 0 Å². The third-order valence-electron chi connectivity index (χ3n) is 2.59. The Kier molecular flexibility index (Phi) is 1.63. The van der Waals surface area contributed by atoms with E-state index >= 15 is 0 Å². The molecule has 0 saturated carbocycles. The minimum absolute atomic E-state index is 0.225. The van der Waals surface area contributed by atoms with Crippen LogP contribution in [0.25, 0.3) is 0 Å². The fourth-order valence-electron chi connectivity index (χ4n) is 1.81. The van der Waals surface area contributed by atoms with Crippen LogP contribution in [0.2, 0.25) is 0 Å². The average molecular weight is 172 g/mol. The first-order valence-corrected chi connectivity index (χ1v) is 4.15. The lowest BCUT2D eigenvalue weighted by Gasteiger charge is -2.35. The Morgan fingerprint density at radius 2 is 2.42 bits per heavy atom. The highest BCUT2D eigenvalue weighted by molar-refractivity contribution is 5.73. The van der Waals surface area contributed by atoms with Crippen molar-refractivity contribution >= 4 is 5.97 Å². The Balaban J connectivity index is 2.15. The molecule has 1 unspecified atom stereocenters. The first-order valence-electron chi connectivity index (χ1n) is 4.15. The molecule has 0 aromatic rings. The van der Waals surface area contributed by atoms with Crippen LogP contribution in [0.1, 0.15) is 26.2 Å². The molecular formula is C8H12O4. The Morgan fingerprint density at radius 1 is 1.67 bits per heavy atom. The molecule has 4 heteroatoms. The molecule has 1 N–H and O–H groups in total. The highest BCUT2D eigenvalue weighted by Gasteiger charge is 2.49. The number of carbonyl (C=O) groups excluding carboxylic acids is 1. The summed E-state index contributed by atoms with van der Waals surface area (Å²) >= 11 is 0. The number of fused-ring (bicyclic) bond motifs is 1. The summed E-state index contributed by atoms with van der Waals surface area (Å²) in [4.78, 5) is 10.9. The van der Waals surface area contributed by atoms with E-state index in [4.69, 9.17) is 14.6 Å². The van der Waals surface area contributed by atoms with Crippen LogP contribution in [0, 0.1) is 0 Å². The molecule has 2 rings (SSSR count). The molecule has 0 radical (unpaired) electrons. The van der Waals surface area contributed by atoms with Gasteiger partial charge in [0.05, 0.1) is 6.42 Å². The van der Waals surface area contributed by atoms with Gasteiger partial charge in [0.1, 0.15) is 11.7 Å². The predicted octanol–water partition coefficient (Wildman–Crippen LogP) is 0.189. The van der Waals surface area contributed by atoms with E-state index < -0.39 is 11.9 Å². The Labute approximate surface area is 70.5 Å². The van der Waals surface area contributed by atoms with Crippen LogP contribution in [-0.2, 0) is 14.3 Å². The van der Waals surface area contributed by atoms with E-state index in [2.05, 4.69) is 0 Å². The van der Waals surface area contributed by atoms with Gasteiger partial charge < -0.3 is 14.6 Å². The molecule has 2 heterocycles. The van der Waals surface area contributed by atoms with Gasteiger partial charge in [0, 0.05) is 6.42 Å². The zero-order valence-corrected chi connectivity index (χ0v) is 6.95. The lowest BCUT2D eigenvalue weighted by Crippen LogP contribution is -2.45. The number of ether oxygens (including phenoxy) is 2. The zero-order valence-electron chi connectivity index (χ0n) is 6.95. The van der Waals surface area contributed by atoms with Gasteiger partial charge in [0.15, 0.2) is 6.29 Å². The van der Waals surface area contributed by atoms with E-state index in [1.165, 1.54) is 0 Å². The van der Waals surface area contributed by atoms with E-state index in [1.54, 1.807) is 0 Å². The van der Waals surface area contributed by atoms with Crippen LogP contribution in [0.4, 0.5) is 0 Å². The smallest absolute Gasteiger partial charge is 0.309 e. The van der Waals surface area contributed by atoms with Crippen LogP contribution in [0.5, 0.6) is 0 Å². The molecule has 2 aliphatic rings. The normalized spacial score (nSPS) is 47.0. The Hall–Kier alpha value is -0.610. The quantitative estimate of drug-likeness (QED) is 0.530. The minimum Gasteiger partial charge on any atom is -0.456 e. The van der Waals surface area contributed by atoms with E-state index in [0.29, 0.717) is 12.8 Å². The molecule has 2 saturated heterocycles. The second-order valence-corrected chi connectivity index (χ2v) is 3.61. The molecule has 12 heavy (non-hydrogen) atoms. The Bertz CT molecular complexity index is 215. The average Bonchev–Trinajstić information content (AvgIpc) is 2.24. The van der Waals surface area contributed by atoms with Gasteiger partial charge >= 0.3 is 5.97 Å². The fourth-order valence-corrected chi connectivity index (χ4v) is 1.81. The van der Waals surface area contributed by atoms with Gasteiger partial charge in [-0.2, -0.15) is 0 Å². The van der Waals surface area contributed by atoms with E-state index in [9.17, 15) is 4.79 Å². The third kappa shape index (κ3) is 1.11. The minimum atomic E-state index is -0.724. The van der Waals surface area contributed by atoms with Crippen molar-refractivity contribution < 1.29 is 19.4 Å². The summed E-state index contributed by atoms with van der Waals surface area (Å²) in [5.41, 5.74) is -0.490. The number of hydrogen-bond acceptors (Lipinski definition) is 4. The predicted molar refractivity (Wildman–Crippen MR) is 39.2 cm³/mol. The fraction of sp³-hybridized carbons (Fsp3) is 0.875. The molecule has 0 aliphatic carbocycles. The number of rotatable bonds is 0. The van der Waals surface area contributed by atoms with Crippen LogP contribution in [0.3, 0.4) is 0 Å². The van der Waals surface area contributed by atoms with E-state index in [0.717, 1.165) is 0 Å². The SMILES string of the molecule is C[C@@]12CCC(O)O[C@@H]1CC(=O)O2. The molecule has 68 valence electrons. The highest BCUT2D eigenvalue weighted by Crippen LogP contribution is 2.38. The molecular weight excluding hydrogens is 160 g/mol. The number of hydrogen-bond donors (Lipinski definition) is 1. The molecule has 2 aliphatic heterocycles. The summed E-state index contributed by atoms with van der Waals surface area (Å²) in [6, 6.07) is 0. The lowest BCUT2D eigenvalue weighted by atomic mass is 9.91. The molecule has 0 bridgehead atoms. The van der Waals surface area contributed by atoms with Crippen molar-refractivity contribution in [1.29, 1.82) is 0 Å².